The summed E-state index contributed by atoms with van der Waals surface area (Å²) in [5, 5.41) is 19.9. The van der Waals surface area contributed by atoms with Crippen molar-refractivity contribution in [2.75, 3.05) is 33.7 Å². The molecule has 0 aliphatic rings. The van der Waals surface area contributed by atoms with Gasteiger partial charge in [-0.3, -0.25) is 14.5 Å². The first-order valence-electron chi connectivity index (χ1n) is 8.03. The minimum atomic E-state index is -0.138. The molecule has 0 spiro atoms. The molecule has 0 atom stereocenters. The maximum atomic E-state index is 12.4. The van der Waals surface area contributed by atoms with Crippen LogP contribution in [0.3, 0.4) is 0 Å². The Morgan fingerprint density at radius 1 is 1.08 bits per heavy atom. The van der Waals surface area contributed by atoms with Crippen molar-refractivity contribution in [3.63, 3.8) is 0 Å². The number of amides is 2. The van der Waals surface area contributed by atoms with Crippen molar-refractivity contribution in [2.24, 2.45) is 0 Å². The van der Waals surface area contributed by atoms with Gasteiger partial charge in [0, 0.05) is 32.2 Å². The molecule has 1 rings (SSSR count). The fourth-order valence-electron chi connectivity index (χ4n) is 2.34. The van der Waals surface area contributed by atoms with Crippen molar-refractivity contribution in [2.45, 2.75) is 19.4 Å². The van der Waals surface area contributed by atoms with Crippen LogP contribution in [0.15, 0.2) is 24.3 Å². The highest BCUT2D eigenvalue weighted by atomic mass is 16.2. The van der Waals surface area contributed by atoms with Crippen LogP contribution >= 0.6 is 0 Å². The average molecular weight is 341 g/mol. The van der Waals surface area contributed by atoms with Crippen molar-refractivity contribution in [1.82, 2.24) is 15.1 Å². The molecule has 0 unspecified atom stereocenters. The molecular weight excluding hydrogens is 318 g/mol. The summed E-state index contributed by atoms with van der Waals surface area (Å²) in [6, 6.07) is 11.2. The molecule has 2 amide bonds. The third-order valence-electron chi connectivity index (χ3n) is 3.64. The first-order chi connectivity index (χ1) is 12.0. The molecule has 1 aromatic rings. The van der Waals surface area contributed by atoms with Gasteiger partial charge in [0.15, 0.2) is 0 Å². The smallest absolute Gasteiger partial charge is 0.251 e. The van der Waals surface area contributed by atoms with Crippen LogP contribution in [0.25, 0.3) is 0 Å². The van der Waals surface area contributed by atoms with Crippen LogP contribution in [-0.4, -0.2) is 55.3 Å². The highest BCUT2D eigenvalue weighted by Crippen LogP contribution is 2.07. The number of nitrogens with one attached hydrogen (secondary N) is 1. The van der Waals surface area contributed by atoms with Crippen LogP contribution < -0.4 is 5.32 Å². The second-order valence-electron chi connectivity index (χ2n) is 5.65. The van der Waals surface area contributed by atoms with Crippen LogP contribution in [0.5, 0.6) is 0 Å². The molecule has 0 bridgehead atoms. The average Bonchev–Trinajstić information content (AvgIpc) is 2.61. The van der Waals surface area contributed by atoms with Crippen molar-refractivity contribution in [1.29, 1.82) is 10.5 Å². The van der Waals surface area contributed by atoms with E-state index in [9.17, 15) is 9.59 Å². The maximum Gasteiger partial charge on any atom is 0.251 e. The number of benzene rings is 1. The van der Waals surface area contributed by atoms with Gasteiger partial charge in [0.05, 0.1) is 31.5 Å². The van der Waals surface area contributed by atoms with Gasteiger partial charge in [0.1, 0.15) is 0 Å². The minimum absolute atomic E-state index is 0.102. The number of nitrogens with zero attached hydrogens (tertiary/aromatic N) is 4. The van der Waals surface area contributed by atoms with Gasteiger partial charge in [-0.25, -0.2) is 0 Å². The van der Waals surface area contributed by atoms with Crippen LogP contribution in [0.4, 0.5) is 0 Å². The number of nitriles is 2. The standard InChI is InChI=1S/C18H23N5O2/c1-21-18(25)16-7-5-15(6-8-16)13-22(2)14-17(24)23(11-3-9-19)12-4-10-20/h5-8H,3-4,11-14H2,1-2H3,(H,21,25). The monoisotopic (exact) mass is 341 g/mol. The zero-order valence-corrected chi connectivity index (χ0v) is 14.7. The molecule has 0 saturated heterocycles. The van der Waals surface area contributed by atoms with Gasteiger partial charge in [0.2, 0.25) is 5.91 Å². The number of rotatable bonds is 9. The number of carbonyl (C=O) groups excluding carboxylic acids is 2. The Morgan fingerprint density at radius 3 is 2.12 bits per heavy atom. The number of carbonyl (C=O) groups is 2. The fraction of sp³-hybridized carbons (Fsp3) is 0.444. The van der Waals surface area contributed by atoms with Gasteiger partial charge in [-0.2, -0.15) is 10.5 Å². The molecule has 25 heavy (non-hydrogen) atoms. The predicted octanol–water partition coefficient (Wildman–Crippen LogP) is 1.13. The summed E-state index contributed by atoms with van der Waals surface area (Å²) in [7, 11) is 3.41. The van der Waals surface area contributed by atoms with Gasteiger partial charge >= 0.3 is 0 Å². The second-order valence-corrected chi connectivity index (χ2v) is 5.65. The van der Waals surface area contributed by atoms with Crippen molar-refractivity contribution >= 4 is 11.8 Å². The molecule has 0 fully saturated rings. The van der Waals surface area contributed by atoms with E-state index in [2.05, 4.69) is 5.32 Å². The van der Waals surface area contributed by atoms with E-state index in [1.54, 1.807) is 24.1 Å². The topological polar surface area (TPSA) is 100 Å². The van der Waals surface area contributed by atoms with E-state index in [1.165, 1.54) is 0 Å². The van der Waals surface area contributed by atoms with Crippen molar-refractivity contribution in [3.8, 4) is 12.1 Å². The van der Waals surface area contributed by atoms with Crippen LogP contribution in [-0.2, 0) is 11.3 Å². The summed E-state index contributed by atoms with van der Waals surface area (Å²) in [6.07, 6.45) is 0.504. The quantitative estimate of drug-likeness (QED) is 0.726. The SMILES string of the molecule is CNC(=O)c1ccc(CN(C)CC(=O)N(CCC#N)CCC#N)cc1. The highest BCUT2D eigenvalue weighted by Gasteiger charge is 2.15. The molecule has 1 N–H and O–H groups in total. The zero-order valence-electron chi connectivity index (χ0n) is 14.7. The summed E-state index contributed by atoms with van der Waals surface area (Å²) in [6.45, 7) is 1.44. The van der Waals surface area contributed by atoms with Gasteiger partial charge in [-0.1, -0.05) is 12.1 Å². The highest BCUT2D eigenvalue weighted by molar-refractivity contribution is 5.93. The van der Waals surface area contributed by atoms with E-state index >= 15 is 0 Å². The molecule has 0 aliphatic carbocycles. The van der Waals surface area contributed by atoms with Crippen molar-refractivity contribution < 1.29 is 9.59 Å². The third-order valence-corrected chi connectivity index (χ3v) is 3.64. The van der Waals surface area contributed by atoms with Crippen molar-refractivity contribution in [3.05, 3.63) is 35.4 Å². The lowest BCUT2D eigenvalue weighted by molar-refractivity contribution is -0.132. The molecule has 0 saturated carbocycles. The Kier molecular flexibility index (Phi) is 8.70. The van der Waals surface area contributed by atoms with E-state index in [0.29, 0.717) is 25.2 Å². The molecule has 1 aromatic carbocycles. The summed E-state index contributed by atoms with van der Waals surface area (Å²) in [4.78, 5) is 27.3. The number of hydrogen-bond acceptors (Lipinski definition) is 5. The Balaban J connectivity index is 2.59. The lowest BCUT2D eigenvalue weighted by Gasteiger charge is -2.24. The van der Waals surface area contributed by atoms with E-state index in [-0.39, 0.29) is 31.2 Å². The summed E-state index contributed by atoms with van der Waals surface area (Å²) >= 11 is 0. The van der Waals surface area contributed by atoms with E-state index in [1.807, 2.05) is 36.2 Å². The summed E-state index contributed by atoms with van der Waals surface area (Å²) < 4.78 is 0. The van der Waals surface area contributed by atoms with E-state index in [4.69, 9.17) is 10.5 Å². The van der Waals surface area contributed by atoms with Gasteiger partial charge in [-0.05, 0) is 24.7 Å². The summed E-state index contributed by atoms with van der Waals surface area (Å²) in [5.41, 5.74) is 1.58. The largest absolute Gasteiger partial charge is 0.355 e. The van der Waals surface area contributed by atoms with E-state index in [0.717, 1.165) is 5.56 Å². The van der Waals surface area contributed by atoms with Crippen LogP contribution in [0, 0.1) is 22.7 Å². The molecule has 0 aromatic heterocycles. The first kappa shape index (κ1) is 20.1. The molecular formula is C18H23N5O2. The molecule has 7 heteroatoms. The maximum absolute atomic E-state index is 12.4. The Hall–Kier alpha value is -2.90. The lowest BCUT2D eigenvalue weighted by Crippen LogP contribution is -2.39. The normalized spacial score (nSPS) is 9.96. The molecule has 7 nitrogen and oxygen atoms in total. The molecule has 0 aliphatic heterocycles. The molecule has 132 valence electrons. The Bertz CT molecular complexity index is 640. The van der Waals surface area contributed by atoms with Crippen LogP contribution in [0.2, 0.25) is 0 Å². The zero-order chi connectivity index (χ0) is 18.7. The van der Waals surface area contributed by atoms with Gasteiger partial charge in [-0.15, -0.1) is 0 Å². The second kappa shape index (κ2) is 10.8. The molecule has 0 radical (unpaired) electrons. The number of hydrogen-bond donors (Lipinski definition) is 1. The minimum Gasteiger partial charge on any atom is -0.355 e. The lowest BCUT2D eigenvalue weighted by atomic mass is 10.1. The fourth-order valence-corrected chi connectivity index (χ4v) is 2.34. The third kappa shape index (κ3) is 7.03. The van der Waals surface area contributed by atoms with Crippen LogP contribution in [0.1, 0.15) is 28.8 Å². The molecule has 0 heterocycles. The van der Waals surface area contributed by atoms with Gasteiger partial charge < -0.3 is 10.2 Å². The number of likely N-dealkylation sites (N-methyl/N-ethyl adjacent to an activating group) is 1. The summed E-state index contributed by atoms with van der Waals surface area (Å²) in [5.74, 6) is -0.240. The Labute approximate surface area is 148 Å². The predicted molar refractivity (Wildman–Crippen MR) is 93.2 cm³/mol. The van der Waals surface area contributed by atoms with E-state index < -0.39 is 0 Å². The first-order valence-corrected chi connectivity index (χ1v) is 8.03. The Morgan fingerprint density at radius 2 is 1.64 bits per heavy atom. The van der Waals surface area contributed by atoms with Gasteiger partial charge in [0.25, 0.3) is 5.91 Å².